The van der Waals surface area contributed by atoms with E-state index in [1.807, 2.05) is 36.4 Å². The summed E-state index contributed by atoms with van der Waals surface area (Å²) in [6, 6.07) is 14.2. The highest BCUT2D eigenvalue weighted by Crippen LogP contribution is 2.26. The molecule has 0 aliphatic rings. The predicted molar refractivity (Wildman–Crippen MR) is 97.7 cm³/mol. The van der Waals surface area contributed by atoms with Crippen LogP contribution in [0.1, 0.15) is 17.2 Å². The molecule has 4 nitrogen and oxygen atoms in total. The molecule has 128 valence electrons. The van der Waals surface area contributed by atoms with Gasteiger partial charge in [0.25, 0.3) is 0 Å². The average Bonchev–Trinajstić information content (AvgIpc) is 3.14. The van der Waals surface area contributed by atoms with Crippen molar-refractivity contribution in [3.8, 4) is 0 Å². The standard InChI is InChI=1S/C19H16Cl2N2O2/c20-16-7-6-15(17(21)11-16)10-18(23-9-8-22-13-23)19(24)25-12-14-4-2-1-3-5-14/h1-9,11,13,18H,10,12H2. The maximum atomic E-state index is 12.7. The second-order valence-electron chi connectivity index (χ2n) is 5.56. The minimum Gasteiger partial charge on any atom is -0.459 e. The minimum absolute atomic E-state index is 0.221. The van der Waals surface area contributed by atoms with Crippen LogP contribution in [0.25, 0.3) is 0 Å². The Morgan fingerprint density at radius 3 is 2.64 bits per heavy atom. The van der Waals surface area contributed by atoms with Crippen molar-refractivity contribution >= 4 is 29.2 Å². The SMILES string of the molecule is O=C(OCc1ccccc1)C(Cc1ccc(Cl)cc1Cl)n1ccnc1. The summed E-state index contributed by atoms with van der Waals surface area (Å²) in [5.74, 6) is -0.340. The van der Waals surface area contributed by atoms with E-state index in [9.17, 15) is 4.79 Å². The van der Waals surface area contributed by atoms with Gasteiger partial charge >= 0.3 is 5.97 Å². The minimum atomic E-state index is -0.551. The number of esters is 1. The number of hydrogen-bond donors (Lipinski definition) is 0. The zero-order valence-electron chi connectivity index (χ0n) is 13.3. The van der Waals surface area contributed by atoms with Crippen LogP contribution in [0.3, 0.4) is 0 Å². The normalized spacial score (nSPS) is 11.9. The average molecular weight is 375 g/mol. The molecule has 0 saturated heterocycles. The third-order valence-corrected chi connectivity index (χ3v) is 4.40. The van der Waals surface area contributed by atoms with Gasteiger partial charge in [-0.3, -0.25) is 0 Å². The molecule has 3 aromatic rings. The lowest BCUT2D eigenvalue weighted by atomic mass is 10.1. The molecule has 0 spiro atoms. The van der Waals surface area contributed by atoms with Gasteiger partial charge in [-0.25, -0.2) is 9.78 Å². The number of carbonyl (C=O) groups is 1. The number of hydrogen-bond acceptors (Lipinski definition) is 3. The third kappa shape index (κ3) is 4.62. The van der Waals surface area contributed by atoms with E-state index in [0.717, 1.165) is 11.1 Å². The van der Waals surface area contributed by atoms with Gasteiger partial charge in [0.15, 0.2) is 0 Å². The van der Waals surface area contributed by atoms with E-state index in [1.54, 1.807) is 35.4 Å². The first kappa shape index (κ1) is 17.5. The first-order valence-electron chi connectivity index (χ1n) is 7.75. The summed E-state index contributed by atoms with van der Waals surface area (Å²) >= 11 is 12.2. The first-order chi connectivity index (χ1) is 12.1. The van der Waals surface area contributed by atoms with E-state index < -0.39 is 6.04 Å². The topological polar surface area (TPSA) is 44.1 Å². The van der Waals surface area contributed by atoms with Gasteiger partial charge < -0.3 is 9.30 Å². The monoisotopic (exact) mass is 374 g/mol. The number of imidazole rings is 1. The van der Waals surface area contributed by atoms with Crippen molar-refractivity contribution in [2.75, 3.05) is 0 Å². The Hall–Kier alpha value is -2.30. The van der Waals surface area contributed by atoms with Crippen LogP contribution >= 0.6 is 23.2 Å². The summed E-state index contributed by atoms with van der Waals surface area (Å²) < 4.78 is 7.21. The maximum Gasteiger partial charge on any atom is 0.329 e. The number of aromatic nitrogens is 2. The quantitative estimate of drug-likeness (QED) is 0.586. The van der Waals surface area contributed by atoms with Crippen molar-refractivity contribution < 1.29 is 9.53 Å². The smallest absolute Gasteiger partial charge is 0.329 e. The number of nitrogens with zero attached hydrogens (tertiary/aromatic N) is 2. The maximum absolute atomic E-state index is 12.7. The molecule has 3 rings (SSSR count). The molecule has 25 heavy (non-hydrogen) atoms. The Bertz CT molecular complexity index is 836. The number of benzene rings is 2. The van der Waals surface area contributed by atoms with Crippen LogP contribution in [-0.2, 0) is 22.6 Å². The molecule has 0 aliphatic carbocycles. The fourth-order valence-electron chi connectivity index (χ4n) is 2.48. The molecular weight excluding hydrogens is 359 g/mol. The molecule has 0 fully saturated rings. The number of carbonyl (C=O) groups excluding carboxylic acids is 1. The third-order valence-electron chi connectivity index (χ3n) is 3.81. The van der Waals surface area contributed by atoms with Crippen LogP contribution < -0.4 is 0 Å². The van der Waals surface area contributed by atoms with Crippen molar-refractivity contribution in [2.24, 2.45) is 0 Å². The predicted octanol–water partition coefficient (Wildman–Crippen LogP) is 4.72. The Balaban J connectivity index is 1.76. The number of ether oxygens (including phenoxy) is 1. The van der Waals surface area contributed by atoms with Gasteiger partial charge in [0.2, 0.25) is 0 Å². The zero-order valence-corrected chi connectivity index (χ0v) is 14.8. The van der Waals surface area contributed by atoms with E-state index in [4.69, 9.17) is 27.9 Å². The van der Waals surface area contributed by atoms with E-state index in [1.165, 1.54) is 0 Å². The van der Waals surface area contributed by atoms with Crippen LogP contribution in [-0.4, -0.2) is 15.5 Å². The fraction of sp³-hybridized carbons (Fsp3) is 0.158. The molecule has 1 unspecified atom stereocenters. The molecule has 0 aliphatic heterocycles. The Labute approximate surface area is 156 Å². The summed E-state index contributed by atoms with van der Waals surface area (Å²) in [6.45, 7) is 0.221. The Morgan fingerprint density at radius 1 is 1.16 bits per heavy atom. The summed E-state index contributed by atoms with van der Waals surface area (Å²) in [5.41, 5.74) is 1.76. The van der Waals surface area contributed by atoms with Gasteiger partial charge in [-0.2, -0.15) is 0 Å². The molecule has 1 aromatic heterocycles. The molecule has 0 N–H and O–H groups in total. The molecule has 0 amide bonds. The molecule has 0 saturated carbocycles. The number of halogens is 2. The molecule has 2 aromatic carbocycles. The van der Waals surface area contributed by atoms with Gasteiger partial charge in [0.1, 0.15) is 12.6 Å². The molecule has 0 radical (unpaired) electrons. The Kier molecular flexibility index (Phi) is 5.74. The molecule has 0 bridgehead atoms. The first-order valence-corrected chi connectivity index (χ1v) is 8.51. The fourth-order valence-corrected chi connectivity index (χ4v) is 2.97. The highest BCUT2D eigenvalue weighted by atomic mass is 35.5. The lowest BCUT2D eigenvalue weighted by Gasteiger charge is -2.18. The van der Waals surface area contributed by atoms with E-state index in [-0.39, 0.29) is 12.6 Å². The number of rotatable bonds is 6. The van der Waals surface area contributed by atoms with Crippen molar-refractivity contribution in [1.82, 2.24) is 9.55 Å². The van der Waals surface area contributed by atoms with Crippen LogP contribution in [0.5, 0.6) is 0 Å². The second-order valence-corrected chi connectivity index (χ2v) is 6.40. The highest BCUT2D eigenvalue weighted by molar-refractivity contribution is 6.35. The lowest BCUT2D eigenvalue weighted by Crippen LogP contribution is -2.23. The lowest BCUT2D eigenvalue weighted by molar-refractivity contribution is -0.149. The highest BCUT2D eigenvalue weighted by Gasteiger charge is 2.23. The molecular formula is C19H16Cl2N2O2. The van der Waals surface area contributed by atoms with E-state index in [2.05, 4.69) is 4.98 Å². The van der Waals surface area contributed by atoms with E-state index in [0.29, 0.717) is 16.5 Å². The van der Waals surface area contributed by atoms with Gasteiger partial charge in [0, 0.05) is 28.9 Å². The van der Waals surface area contributed by atoms with E-state index >= 15 is 0 Å². The van der Waals surface area contributed by atoms with Crippen LogP contribution in [0.4, 0.5) is 0 Å². The van der Waals surface area contributed by atoms with Crippen LogP contribution in [0.2, 0.25) is 10.0 Å². The Morgan fingerprint density at radius 2 is 1.96 bits per heavy atom. The second kappa shape index (κ2) is 8.19. The largest absolute Gasteiger partial charge is 0.459 e. The molecule has 6 heteroatoms. The summed E-state index contributed by atoms with van der Waals surface area (Å²) in [7, 11) is 0. The zero-order chi connectivity index (χ0) is 17.6. The van der Waals surface area contributed by atoms with Gasteiger partial charge in [0.05, 0.1) is 6.33 Å². The van der Waals surface area contributed by atoms with Gasteiger partial charge in [-0.1, -0.05) is 59.6 Å². The van der Waals surface area contributed by atoms with Crippen LogP contribution in [0, 0.1) is 0 Å². The van der Waals surface area contributed by atoms with Crippen molar-refractivity contribution in [3.63, 3.8) is 0 Å². The molecule has 1 atom stereocenters. The summed E-state index contributed by atoms with van der Waals surface area (Å²) in [5, 5.41) is 1.08. The van der Waals surface area contributed by atoms with Gasteiger partial charge in [-0.15, -0.1) is 0 Å². The van der Waals surface area contributed by atoms with Crippen molar-refractivity contribution in [2.45, 2.75) is 19.1 Å². The summed E-state index contributed by atoms with van der Waals surface area (Å²) in [6.07, 6.45) is 5.34. The van der Waals surface area contributed by atoms with Gasteiger partial charge in [-0.05, 0) is 23.3 Å². The van der Waals surface area contributed by atoms with Crippen molar-refractivity contribution in [1.29, 1.82) is 0 Å². The molecule has 1 heterocycles. The van der Waals surface area contributed by atoms with Crippen molar-refractivity contribution in [3.05, 3.63) is 88.4 Å². The summed E-state index contributed by atoms with van der Waals surface area (Å²) in [4.78, 5) is 16.7. The van der Waals surface area contributed by atoms with Crippen LogP contribution in [0.15, 0.2) is 67.3 Å².